The Morgan fingerprint density at radius 1 is 0.973 bits per heavy atom. The Balaban J connectivity index is 1.39. The average molecular weight is 515 g/mol. The fraction of sp³-hybridized carbons (Fsp3) is 0.379. The van der Waals surface area contributed by atoms with Gasteiger partial charge in [-0.25, -0.2) is 14.6 Å². The SMILES string of the molecule is CCC[C@@H](C)c1nc(N2CCCN(C(=O)CSc3ccccc3)CC2)c2cnn(-c3ccccc3)c2n1. The molecule has 8 heteroatoms. The van der Waals surface area contributed by atoms with Crippen molar-refractivity contribution in [2.45, 2.75) is 43.9 Å². The smallest absolute Gasteiger partial charge is 0.232 e. The quantitative estimate of drug-likeness (QED) is 0.287. The van der Waals surface area contributed by atoms with Crippen LogP contribution in [0.4, 0.5) is 5.82 Å². The lowest BCUT2D eigenvalue weighted by Crippen LogP contribution is -2.36. The van der Waals surface area contributed by atoms with Gasteiger partial charge in [0.2, 0.25) is 5.91 Å². The molecule has 1 aliphatic heterocycles. The molecule has 1 atom stereocenters. The minimum absolute atomic E-state index is 0.192. The molecule has 0 N–H and O–H groups in total. The maximum Gasteiger partial charge on any atom is 0.232 e. The highest BCUT2D eigenvalue weighted by Gasteiger charge is 2.24. The van der Waals surface area contributed by atoms with Gasteiger partial charge in [0.1, 0.15) is 11.6 Å². The number of amides is 1. The molecule has 0 radical (unpaired) electrons. The maximum absolute atomic E-state index is 13.0. The van der Waals surface area contributed by atoms with E-state index in [1.807, 2.05) is 64.3 Å². The predicted octanol–water partition coefficient (Wildman–Crippen LogP) is 5.55. The Labute approximate surface area is 222 Å². The second-order valence-corrected chi connectivity index (χ2v) is 10.6. The summed E-state index contributed by atoms with van der Waals surface area (Å²) in [7, 11) is 0. The van der Waals surface area contributed by atoms with E-state index in [0.717, 1.165) is 72.2 Å². The van der Waals surface area contributed by atoms with E-state index in [1.54, 1.807) is 11.8 Å². The zero-order valence-corrected chi connectivity index (χ0v) is 22.4. The third kappa shape index (κ3) is 5.80. The number of thioether (sulfide) groups is 1. The molecule has 2 aromatic heterocycles. The standard InChI is InChI=1S/C29H34N6OS/c1-3-11-22(2)27-31-28(25-20-30-35(29(25)32-27)23-12-6-4-7-13-23)34-17-10-16-33(18-19-34)26(36)21-37-24-14-8-5-9-15-24/h4-9,12-15,20,22H,3,10-11,16-19,21H2,1-2H3/t22-/m1/s1. The normalized spacial score (nSPS) is 15.1. The largest absolute Gasteiger partial charge is 0.354 e. The van der Waals surface area contributed by atoms with Crippen molar-refractivity contribution in [2.75, 3.05) is 36.8 Å². The summed E-state index contributed by atoms with van der Waals surface area (Å²) in [6.07, 6.45) is 4.90. The van der Waals surface area contributed by atoms with E-state index in [1.165, 1.54) is 0 Å². The molecule has 0 unspecified atom stereocenters. The van der Waals surface area contributed by atoms with Gasteiger partial charge in [-0.1, -0.05) is 56.7 Å². The van der Waals surface area contributed by atoms with Gasteiger partial charge in [0.05, 0.1) is 23.0 Å². The Kier molecular flexibility index (Phi) is 8.04. The van der Waals surface area contributed by atoms with E-state index >= 15 is 0 Å². The Hall–Kier alpha value is -3.39. The first-order chi connectivity index (χ1) is 18.1. The number of aromatic nitrogens is 4. The number of fused-ring (bicyclic) bond motifs is 1. The van der Waals surface area contributed by atoms with Crippen LogP contribution in [0.25, 0.3) is 16.7 Å². The Morgan fingerprint density at radius 3 is 2.49 bits per heavy atom. The lowest BCUT2D eigenvalue weighted by Gasteiger charge is -2.24. The highest BCUT2D eigenvalue weighted by molar-refractivity contribution is 8.00. The molecule has 2 aromatic carbocycles. The van der Waals surface area contributed by atoms with E-state index in [4.69, 9.17) is 15.1 Å². The highest BCUT2D eigenvalue weighted by Crippen LogP contribution is 2.30. The number of carbonyl (C=O) groups excluding carboxylic acids is 1. The molecule has 7 nitrogen and oxygen atoms in total. The summed E-state index contributed by atoms with van der Waals surface area (Å²) in [4.78, 5) is 28.5. The summed E-state index contributed by atoms with van der Waals surface area (Å²) in [5.74, 6) is 2.70. The van der Waals surface area contributed by atoms with Gasteiger partial charge >= 0.3 is 0 Å². The van der Waals surface area contributed by atoms with Gasteiger partial charge in [0.15, 0.2) is 5.65 Å². The van der Waals surface area contributed by atoms with Gasteiger partial charge in [-0.2, -0.15) is 5.10 Å². The van der Waals surface area contributed by atoms with Crippen LogP contribution in [0.3, 0.4) is 0 Å². The van der Waals surface area contributed by atoms with Crippen LogP contribution < -0.4 is 4.90 Å². The van der Waals surface area contributed by atoms with Crippen LogP contribution in [0.1, 0.15) is 44.9 Å². The van der Waals surface area contributed by atoms with Crippen molar-refractivity contribution < 1.29 is 4.79 Å². The number of hydrogen-bond acceptors (Lipinski definition) is 6. The number of nitrogens with zero attached hydrogens (tertiary/aromatic N) is 6. The fourth-order valence-electron chi connectivity index (χ4n) is 4.82. The summed E-state index contributed by atoms with van der Waals surface area (Å²) >= 11 is 1.60. The van der Waals surface area contributed by atoms with Crippen LogP contribution in [0.5, 0.6) is 0 Å². The van der Waals surface area contributed by atoms with Crippen molar-refractivity contribution in [2.24, 2.45) is 0 Å². The molecule has 192 valence electrons. The van der Waals surface area contributed by atoms with Gasteiger partial charge in [-0.05, 0) is 37.1 Å². The number of carbonyl (C=O) groups is 1. The molecule has 0 saturated carbocycles. The number of hydrogen-bond donors (Lipinski definition) is 0. The molecule has 1 saturated heterocycles. The van der Waals surface area contributed by atoms with Gasteiger partial charge in [-0.15, -0.1) is 11.8 Å². The van der Waals surface area contributed by atoms with Crippen LogP contribution in [-0.2, 0) is 4.79 Å². The number of benzene rings is 2. The summed E-state index contributed by atoms with van der Waals surface area (Å²) in [6.45, 7) is 7.44. The first-order valence-electron chi connectivity index (χ1n) is 13.2. The minimum atomic E-state index is 0.192. The van der Waals surface area contributed by atoms with Crippen LogP contribution >= 0.6 is 11.8 Å². The van der Waals surface area contributed by atoms with Gasteiger partial charge in [0, 0.05) is 37.0 Å². The molecule has 4 aromatic rings. The van der Waals surface area contributed by atoms with E-state index in [2.05, 4.69) is 30.9 Å². The van der Waals surface area contributed by atoms with Crippen molar-refractivity contribution in [3.63, 3.8) is 0 Å². The van der Waals surface area contributed by atoms with Crippen LogP contribution in [-0.4, -0.2) is 62.5 Å². The summed E-state index contributed by atoms with van der Waals surface area (Å²) in [5, 5.41) is 5.66. The predicted molar refractivity (Wildman–Crippen MR) is 151 cm³/mol. The van der Waals surface area contributed by atoms with E-state index in [9.17, 15) is 4.79 Å². The van der Waals surface area contributed by atoms with Gasteiger partial charge < -0.3 is 9.80 Å². The van der Waals surface area contributed by atoms with Crippen molar-refractivity contribution >= 4 is 34.5 Å². The number of anilines is 1. The van der Waals surface area contributed by atoms with Crippen LogP contribution in [0, 0.1) is 0 Å². The monoisotopic (exact) mass is 514 g/mol. The topological polar surface area (TPSA) is 67.2 Å². The van der Waals surface area contributed by atoms with Crippen molar-refractivity contribution in [3.8, 4) is 5.69 Å². The van der Waals surface area contributed by atoms with Crippen molar-refractivity contribution in [1.29, 1.82) is 0 Å². The van der Waals surface area contributed by atoms with Gasteiger partial charge in [0.25, 0.3) is 0 Å². The molecule has 5 rings (SSSR count). The fourth-order valence-corrected chi connectivity index (χ4v) is 5.65. The lowest BCUT2D eigenvalue weighted by atomic mass is 10.1. The zero-order valence-electron chi connectivity index (χ0n) is 21.6. The Morgan fingerprint density at radius 2 is 1.73 bits per heavy atom. The van der Waals surface area contributed by atoms with Gasteiger partial charge in [-0.3, -0.25) is 4.79 Å². The number of para-hydroxylation sites is 1. The molecule has 37 heavy (non-hydrogen) atoms. The van der Waals surface area contributed by atoms with E-state index in [0.29, 0.717) is 12.3 Å². The highest BCUT2D eigenvalue weighted by atomic mass is 32.2. The van der Waals surface area contributed by atoms with E-state index < -0.39 is 0 Å². The molecule has 0 bridgehead atoms. The lowest BCUT2D eigenvalue weighted by molar-refractivity contribution is -0.128. The third-order valence-corrected chi connectivity index (χ3v) is 7.84. The second-order valence-electron chi connectivity index (χ2n) is 9.55. The molecule has 1 amide bonds. The summed E-state index contributed by atoms with van der Waals surface area (Å²) in [5.41, 5.74) is 1.82. The molecule has 0 aliphatic carbocycles. The van der Waals surface area contributed by atoms with Crippen LogP contribution in [0.2, 0.25) is 0 Å². The third-order valence-electron chi connectivity index (χ3n) is 6.84. The van der Waals surface area contributed by atoms with Crippen molar-refractivity contribution in [1.82, 2.24) is 24.6 Å². The molecular formula is C29H34N6OS. The molecule has 3 heterocycles. The molecule has 1 aliphatic rings. The van der Waals surface area contributed by atoms with E-state index in [-0.39, 0.29) is 11.8 Å². The van der Waals surface area contributed by atoms with Crippen molar-refractivity contribution in [3.05, 3.63) is 72.7 Å². The zero-order chi connectivity index (χ0) is 25.6. The summed E-state index contributed by atoms with van der Waals surface area (Å²) < 4.78 is 1.91. The first-order valence-corrected chi connectivity index (χ1v) is 14.1. The molecular weight excluding hydrogens is 480 g/mol. The number of rotatable bonds is 8. The minimum Gasteiger partial charge on any atom is -0.354 e. The average Bonchev–Trinajstić information content (AvgIpc) is 3.21. The second kappa shape index (κ2) is 11.8. The maximum atomic E-state index is 13.0. The first kappa shape index (κ1) is 25.3. The summed E-state index contributed by atoms with van der Waals surface area (Å²) in [6, 6.07) is 20.3. The Bertz CT molecular complexity index is 1330. The molecule has 0 spiro atoms. The molecule has 1 fully saturated rings. The van der Waals surface area contributed by atoms with Crippen LogP contribution in [0.15, 0.2) is 71.8 Å².